The van der Waals surface area contributed by atoms with Gasteiger partial charge < -0.3 is 9.88 Å². The summed E-state index contributed by atoms with van der Waals surface area (Å²) in [5.41, 5.74) is 1.29. The molecule has 2 heterocycles. The standard InChI is InChI=1S/C35H52N8O/c44-34(42(26-33-36-23-24-37-33)29-17-9-3-10-18-29)22-21-31(28-15-7-2-8-16-28)43(30-19-11-4-12-20-30)32(35-38-40-41-39-35)25-27-13-5-1-6-14-27/h1,5-6,13-14,23-24,28-32H,2-4,7-12,15-22,25-26H2,(H,36,37)(H,38,39,40,41)/t31-,32?/m0/s1. The highest BCUT2D eigenvalue weighted by molar-refractivity contribution is 5.76. The number of benzene rings is 1. The van der Waals surface area contributed by atoms with Crippen molar-refractivity contribution in [1.82, 2.24) is 40.4 Å². The maximum atomic E-state index is 14.3. The smallest absolute Gasteiger partial charge is 0.223 e. The zero-order valence-corrected chi connectivity index (χ0v) is 26.5. The number of rotatable bonds is 13. The molecule has 3 aliphatic carbocycles. The zero-order chi connectivity index (χ0) is 30.0. The van der Waals surface area contributed by atoms with Gasteiger partial charge in [-0.1, -0.05) is 93.3 Å². The molecule has 1 amide bonds. The fourth-order valence-corrected chi connectivity index (χ4v) is 8.54. The minimum atomic E-state index is 0.0267. The van der Waals surface area contributed by atoms with Gasteiger partial charge in [0.05, 0.1) is 12.6 Å². The van der Waals surface area contributed by atoms with E-state index in [4.69, 9.17) is 0 Å². The van der Waals surface area contributed by atoms with E-state index in [1.54, 1.807) is 6.20 Å². The second-order valence-corrected chi connectivity index (χ2v) is 13.6. The monoisotopic (exact) mass is 600 g/mol. The zero-order valence-electron chi connectivity index (χ0n) is 26.5. The molecular formula is C35H52N8O. The van der Waals surface area contributed by atoms with E-state index in [1.165, 1.54) is 89.0 Å². The Bertz CT molecular complexity index is 1210. The number of carbonyl (C=O) groups is 1. The Hall–Kier alpha value is -3.07. The molecule has 9 nitrogen and oxygen atoms in total. The summed E-state index contributed by atoms with van der Waals surface area (Å²) < 4.78 is 0. The van der Waals surface area contributed by atoms with Crippen LogP contribution in [0.3, 0.4) is 0 Å². The summed E-state index contributed by atoms with van der Waals surface area (Å²) in [6.45, 7) is 0.580. The average molecular weight is 601 g/mol. The van der Waals surface area contributed by atoms with Crippen LogP contribution >= 0.6 is 0 Å². The van der Waals surface area contributed by atoms with Crippen LogP contribution in [0.2, 0.25) is 0 Å². The van der Waals surface area contributed by atoms with E-state index in [1.807, 2.05) is 6.20 Å². The molecule has 3 saturated carbocycles. The highest BCUT2D eigenvalue weighted by Gasteiger charge is 2.40. The molecule has 0 bridgehead atoms. The number of nitrogens with zero attached hydrogens (tertiary/aromatic N) is 6. The van der Waals surface area contributed by atoms with E-state index >= 15 is 0 Å². The van der Waals surface area contributed by atoms with Crippen LogP contribution in [0.15, 0.2) is 42.7 Å². The van der Waals surface area contributed by atoms with E-state index in [-0.39, 0.29) is 11.9 Å². The van der Waals surface area contributed by atoms with Gasteiger partial charge in [0, 0.05) is 36.9 Å². The van der Waals surface area contributed by atoms with E-state index in [0.29, 0.717) is 37.0 Å². The highest BCUT2D eigenvalue weighted by Crippen LogP contribution is 2.40. The first-order chi connectivity index (χ1) is 21.8. The first kappa shape index (κ1) is 30.9. The molecule has 2 aromatic heterocycles. The second-order valence-electron chi connectivity index (χ2n) is 13.6. The summed E-state index contributed by atoms with van der Waals surface area (Å²) in [5, 5.41) is 16.0. The van der Waals surface area contributed by atoms with Gasteiger partial charge in [-0.05, 0) is 62.8 Å². The number of tetrazole rings is 1. The summed E-state index contributed by atoms with van der Waals surface area (Å²) in [6.07, 6.45) is 24.5. The van der Waals surface area contributed by atoms with Crippen LogP contribution in [0, 0.1) is 5.92 Å². The van der Waals surface area contributed by atoms with Gasteiger partial charge in [0.2, 0.25) is 5.91 Å². The van der Waals surface area contributed by atoms with Crippen molar-refractivity contribution in [2.24, 2.45) is 5.92 Å². The van der Waals surface area contributed by atoms with Crippen LogP contribution < -0.4 is 0 Å². The van der Waals surface area contributed by atoms with Crippen LogP contribution in [0.5, 0.6) is 0 Å². The molecule has 0 radical (unpaired) electrons. The lowest BCUT2D eigenvalue weighted by Crippen LogP contribution is -2.51. The summed E-state index contributed by atoms with van der Waals surface area (Å²) >= 11 is 0. The van der Waals surface area contributed by atoms with Gasteiger partial charge >= 0.3 is 0 Å². The third-order valence-electron chi connectivity index (χ3n) is 10.7. The van der Waals surface area contributed by atoms with E-state index in [2.05, 4.69) is 70.7 Å². The van der Waals surface area contributed by atoms with Gasteiger partial charge in [0.25, 0.3) is 0 Å². The third kappa shape index (κ3) is 7.95. The van der Waals surface area contributed by atoms with Crippen molar-refractivity contribution in [3.63, 3.8) is 0 Å². The van der Waals surface area contributed by atoms with Gasteiger partial charge in [-0.15, -0.1) is 10.2 Å². The van der Waals surface area contributed by atoms with Crippen molar-refractivity contribution in [1.29, 1.82) is 0 Å². The van der Waals surface area contributed by atoms with Crippen LogP contribution in [-0.4, -0.2) is 64.4 Å². The molecule has 6 rings (SSSR count). The number of hydrogen-bond donors (Lipinski definition) is 2. The Morgan fingerprint density at radius 2 is 1.55 bits per heavy atom. The van der Waals surface area contributed by atoms with Crippen molar-refractivity contribution in [3.05, 3.63) is 59.9 Å². The first-order valence-corrected chi connectivity index (χ1v) is 17.6. The van der Waals surface area contributed by atoms with Crippen molar-refractivity contribution in [3.8, 4) is 0 Å². The largest absolute Gasteiger partial charge is 0.347 e. The van der Waals surface area contributed by atoms with E-state index in [9.17, 15) is 4.79 Å². The highest BCUT2D eigenvalue weighted by atomic mass is 16.2. The molecular weight excluding hydrogens is 548 g/mol. The predicted molar refractivity (Wildman–Crippen MR) is 171 cm³/mol. The Kier molecular flexibility index (Phi) is 11.1. The quantitative estimate of drug-likeness (QED) is 0.220. The number of carbonyl (C=O) groups excluding carboxylic acids is 1. The SMILES string of the molecule is O=C(CC[C@@H](C1CCCCC1)N(C1CCCCC1)C(Cc1ccccc1)c1nn[nH]n1)N(Cc1ncc[nH]1)C1CCCCC1. The van der Waals surface area contributed by atoms with Gasteiger partial charge in [0.1, 0.15) is 5.82 Å². The van der Waals surface area contributed by atoms with Gasteiger partial charge in [-0.2, -0.15) is 5.21 Å². The lowest BCUT2D eigenvalue weighted by atomic mass is 9.78. The molecule has 3 fully saturated rings. The van der Waals surface area contributed by atoms with Gasteiger partial charge in [-0.3, -0.25) is 9.69 Å². The molecule has 44 heavy (non-hydrogen) atoms. The Morgan fingerprint density at radius 1 is 0.864 bits per heavy atom. The normalized spacial score (nSPS) is 20.5. The molecule has 2 N–H and O–H groups in total. The Balaban J connectivity index is 1.30. The van der Waals surface area contributed by atoms with Crippen molar-refractivity contribution < 1.29 is 4.79 Å². The minimum Gasteiger partial charge on any atom is -0.347 e. The lowest BCUT2D eigenvalue weighted by molar-refractivity contribution is -0.136. The van der Waals surface area contributed by atoms with Crippen molar-refractivity contribution in [2.45, 2.75) is 146 Å². The molecule has 1 unspecified atom stereocenters. The van der Waals surface area contributed by atoms with Gasteiger partial charge in [-0.25, -0.2) is 4.98 Å². The summed E-state index contributed by atoms with van der Waals surface area (Å²) in [5.74, 6) is 2.54. The van der Waals surface area contributed by atoms with E-state index in [0.717, 1.165) is 37.3 Å². The third-order valence-corrected chi connectivity index (χ3v) is 10.7. The topological polar surface area (TPSA) is 107 Å². The van der Waals surface area contributed by atoms with Crippen molar-refractivity contribution >= 4 is 5.91 Å². The second kappa shape index (κ2) is 15.8. The maximum Gasteiger partial charge on any atom is 0.223 e. The Labute approximate surface area is 263 Å². The summed E-state index contributed by atoms with van der Waals surface area (Å²) in [6, 6.07) is 11.9. The lowest BCUT2D eigenvalue weighted by Gasteiger charge is -2.48. The molecule has 0 aliphatic heterocycles. The van der Waals surface area contributed by atoms with Crippen LogP contribution in [0.1, 0.15) is 132 Å². The molecule has 2 atom stereocenters. The molecule has 238 valence electrons. The van der Waals surface area contributed by atoms with Crippen LogP contribution in [0.25, 0.3) is 0 Å². The number of hydrogen-bond acceptors (Lipinski definition) is 6. The fraction of sp³-hybridized carbons (Fsp3) is 0.686. The number of amides is 1. The average Bonchev–Trinajstić information content (AvgIpc) is 3.82. The minimum absolute atomic E-state index is 0.0267. The molecule has 3 aliphatic rings. The summed E-state index contributed by atoms with van der Waals surface area (Å²) in [7, 11) is 0. The first-order valence-electron chi connectivity index (χ1n) is 17.6. The van der Waals surface area contributed by atoms with E-state index < -0.39 is 0 Å². The maximum absolute atomic E-state index is 14.3. The van der Waals surface area contributed by atoms with Gasteiger partial charge in [0.15, 0.2) is 5.82 Å². The molecule has 9 heteroatoms. The number of aromatic amines is 2. The Morgan fingerprint density at radius 3 is 2.18 bits per heavy atom. The molecule has 0 saturated heterocycles. The summed E-state index contributed by atoms with van der Waals surface area (Å²) in [4.78, 5) is 27.0. The number of imidazole rings is 1. The van der Waals surface area contributed by atoms with Crippen LogP contribution in [0.4, 0.5) is 0 Å². The molecule has 0 spiro atoms. The fourth-order valence-electron chi connectivity index (χ4n) is 8.54. The number of H-pyrrole nitrogens is 2. The molecule has 1 aromatic carbocycles. The number of nitrogens with one attached hydrogen (secondary N) is 2. The molecule has 3 aromatic rings. The van der Waals surface area contributed by atoms with Crippen LogP contribution in [-0.2, 0) is 17.8 Å². The van der Waals surface area contributed by atoms with Crippen molar-refractivity contribution in [2.75, 3.05) is 0 Å². The predicted octanol–water partition coefficient (Wildman–Crippen LogP) is 6.93. The number of aromatic nitrogens is 6.